The smallest absolute Gasteiger partial charge is 0.00120 e. The van der Waals surface area contributed by atoms with Gasteiger partial charge in [0.1, 0.15) is 0 Å². The van der Waals surface area contributed by atoms with Crippen LogP contribution in [-0.2, 0) is 6.42 Å². The number of aryl methyl sites for hydroxylation is 1. The summed E-state index contributed by atoms with van der Waals surface area (Å²) in [6.45, 7) is 6.64. The second-order valence-corrected chi connectivity index (χ2v) is 6.28. The zero-order valence-corrected chi connectivity index (χ0v) is 13.9. The molecule has 1 aromatic rings. The summed E-state index contributed by atoms with van der Waals surface area (Å²) in [5, 5.41) is 0. The van der Waals surface area contributed by atoms with Crippen LogP contribution in [0.15, 0.2) is 24.3 Å². The van der Waals surface area contributed by atoms with Gasteiger partial charge in [0, 0.05) is 0 Å². The van der Waals surface area contributed by atoms with Crippen LogP contribution in [0.1, 0.15) is 89.7 Å². The molecule has 113 valence electrons. The van der Waals surface area contributed by atoms with Gasteiger partial charge in [0.25, 0.3) is 0 Å². The van der Waals surface area contributed by atoms with Crippen molar-refractivity contribution in [1.29, 1.82) is 0 Å². The molecular weight excluding hydrogens is 240 g/mol. The van der Waals surface area contributed by atoms with Crippen molar-refractivity contribution in [3.05, 3.63) is 41.3 Å². The van der Waals surface area contributed by atoms with E-state index in [-0.39, 0.29) is 0 Å². The largest absolute Gasteiger partial charge is 0.0654 e. The molecule has 1 rings (SSSR count). The van der Waals surface area contributed by atoms with E-state index in [9.17, 15) is 0 Å². The molecular formula is C20H33. The van der Waals surface area contributed by atoms with Gasteiger partial charge in [-0.1, -0.05) is 96.4 Å². The van der Waals surface area contributed by atoms with Crippen LogP contribution >= 0.6 is 0 Å². The fraction of sp³-hybridized carbons (Fsp3) is 0.650. The zero-order valence-electron chi connectivity index (χ0n) is 13.9. The Morgan fingerprint density at radius 2 is 1.20 bits per heavy atom. The Labute approximate surface area is 127 Å². The van der Waals surface area contributed by atoms with E-state index in [1.54, 1.807) is 0 Å². The second kappa shape index (κ2) is 10.9. The van der Waals surface area contributed by atoms with Gasteiger partial charge in [0.05, 0.1) is 0 Å². The van der Waals surface area contributed by atoms with Crippen LogP contribution in [0.25, 0.3) is 0 Å². The minimum Gasteiger partial charge on any atom is -0.0654 e. The predicted octanol–water partition coefficient (Wildman–Crippen LogP) is 6.72. The minimum atomic E-state index is 1.25. The summed E-state index contributed by atoms with van der Waals surface area (Å²) < 4.78 is 0. The van der Waals surface area contributed by atoms with E-state index in [1.807, 2.05) is 0 Å². The molecule has 0 aromatic heterocycles. The Morgan fingerprint density at radius 1 is 0.700 bits per heavy atom. The minimum absolute atomic E-state index is 1.25. The number of hydrogen-bond donors (Lipinski definition) is 0. The van der Waals surface area contributed by atoms with Gasteiger partial charge in [-0.3, -0.25) is 0 Å². The van der Waals surface area contributed by atoms with Crippen molar-refractivity contribution in [2.24, 2.45) is 0 Å². The first-order valence-corrected chi connectivity index (χ1v) is 8.63. The molecule has 0 aliphatic rings. The molecule has 0 spiro atoms. The molecule has 0 heteroatoms. The van der Waals surface area contributed by atoms with Crippen LogP contribution in [0.4, 0.5) is 0 Å². The lowest BCUT2D eigenvalue weighted by atomic mass is 9.99. The molecule has 0 unspecified atom stereocenters. The maximum Gasteiger partial charge on any atom is -0.00120 e. The van der Waals surface area contributed by atoms with Crippen LogP contribution in [0.5, 0.6) is 0 Å². The van der Waals surface area contributed by atoms with Crippen molar-refractivity contribution in [3.63, 3.8) is 0 Å². The Kier molecular flexibility index (Phi) is 9.45. The van der Waals surface area contributed by atoms with E-state index >= 15 is 0 Å². The normalized spacial score (nSPS) is 11.2. The Bertz CT molecular complexity index is 320. The molecule has 0 heterocycles. The summed E-state index contributed by atoms with van der Waals surface area (Å²) in [5.74, 6) is 1.40. The van der Waals surface area contributed by atoms with Gasteiger partial charge in [-0.25, -0.2) is 0 Å². The molecule has 1 radical (unpaired) electrons. The highest BCUT2D eigenvalue weighted by atomic mass is 14.0. The van der Waals surface area contributed by atoms with Crippen LogP contribution in [-0.4, -0.2) is 0 Å². The SMILES string of the molecule is CCCCCCCCCCCc1ccc([C](C)C)cc1. The summed E-state index contributed by atoms with van der Waals surface area (Å²) in [4.78, 5) is 0. The molecule has 0 aliphatic carbocycles. The van der Waals surface area contributed by atoms with Gasteiger partial charge in [-0.15, -0.1) is 0 Å². The van der Waals surface area contributed by atoms with Gasteiger partial charge in [-0.05, 0) is 29.9 Å². The molecule has 0 nitrogen and oxygen atoms in total. The molecule has 0 fully saturated rings. The number of benzene rings is 1. The molecule has 1 aromatic carbocycles. The van der Waals surface area contributed by atoms with Crippen LogP contribution in [0.3, 0.4) is 0 Å². The third-order valence-corrected chi connectivity index (χ3v) is 4.10. The fourth-order valence-corrected chi connectivity index (χ4v) is 2.64. The second-order valence-electron chi connectivity index (χ2n) is 6.28. The Balaban J connectivity index is 2.01. The van der Waals surface area contributed by atoms with E-state index in [2.05, 4.69) is 45.0 Å². The maximum atomic E-state index is 2.30. The first-order valence-electron chi connectivity index (χ1n) is 8.63. The lowest BCUT2D eigenvalue weighted by Gasteiger charge is -2.06. The zero-order chi connectivity index (χ0) is 14.6. The number of hydrogen-bond acceptors (Lipinski definition) is 0. The van der Waals surface area contributed by atoms with Crippen molar-refractivity contribution >= 4 is 0 Å². The monoisotopic (exact) mass is 273 g/mol. The summed E-state index contributed by atoms with van der Waals surface area (Å²) >= 11 is 0. The van der Waals surface area contributed by atoms with Gasteiger partial charge < -0.3 is 0 Å². The first-order chi connectivity index (χ1) is 9.74. The average Bonchev–Trinajstić information content (AvgIpc) is 2.46. The summed E-state index contributed by atoms with van der Waals surface area (Å²) in [5.41, 5.74) is 2.87. The van der Waals surface area contributed by atoms with Crippen molar-refractivity contribution < 1.29 is 0 Å². The van der Waals surface area contributed by atoms with E-state index in [0.29, 0.717) is 0 Å². The Morgan fingerprint density at radius 3 is 1.70 bits per heavy atom. The van der Waals surface area contributed by atoms with E-state index in [0.717, 1.165) is 0 Å². The molecule has 0 N–H and O–H groups in total. The third-order valence-electron chi connectivity index (χ3n) is 4.10. The Hall–Kier alpha value is -0.780. The van der Waals surface area contributed by atoms with E-state index in [1.165, 1.54) is 81.3 Å². The van der Waals surface area contributed by atoms with E-state index < -0.39 is 0 Å². The number of rotatable bonds is 11. The standard InChI is InChI=1S/C20H33/c1-4-5-6-7-8-9-10-11-12-13-19-14-16-20(17-15-19)18(2)3/h14-17H,4-13H2,1-3H3. The quantitative estimate of drug-likeness (QED) is 0.392. The lowest BCUT2D eigenvalue weighted by Crippen LogP contribution is -1.90. The third kappa shape index (κ3) is 7.72. The summed E-state index contributed by atoms with van der Waals surface area (Å²) in [6.07, 6.45) is 14.0. The topological polar surface area (TPSA) is 0 Å². The maximum absolute atomic E-state index is 2.30. The number of unbranched alkanes of at least 4 members (excludes halogenated alkanes) is 8. The highest BCUT2D eigenvalue weighted by Crippen LogP contribution is 2.16. The van der Waals surface area contributed by atoms with Gasteiger partial charge in [-0.2, -0.15) is 0 Å². The molecule has 20 heavy (non-hydrogen) atoms. The van der Waals surface area contributed by atoms with Crippen LogP contribution in [0.2, 0.25) is 0 Å². The predicted molar refractivity (Wildman–Crippen MR) is 91.1 cm³/mol. The molecule has 0 saturated heterocycles. The first kappa shape index (κ1) is 17.3. The van der Waals surface area contributed by atoms with Crippen molar-refractivity contribution in [3.8, 4) is 0 Å². The molecule has 0 saturated carbocycles. The molecule has 0 bridgehead atoms. The van der Waals surface area contributed by atoms with Crippen LogP contribution < -0.4 is 0 Å². The van der Waals surface area contributed by atoms with Crippen molar-refractivity contribution in [2.75, 3.05) is 0 Å². The fourth-order valence-electron chi connectivity index (χ4n) is 2.64. The average molecular weight is 273 g/mol. The van der Waals surface area contributed by atoms with E-state index in [4.69, 9.17) is 0 Å². The molecule has 0 atom stereocenters. The highest BCUT2D eigenvalue weighted by Gasteiger charge is 1.99. The van der Waals surface area contributed by atoms with Gasteiger partial charge >= 0.3 is 0 Å². The molecule has 0 aliphatic heterocycles. The lowest BCUT2D eigenvalue weighted by molar-refractivity contribution is 0.565. The van der Waals surface area contributed by atoms with Crippen molar-refractivity contribution in [1.82, 2.24) is 0 Å². The summed E-state index contributed by atoms with van der Waals surface area (Å²) in [6, 6.07) is 9.12. The van der Waals surface area contributed by atoms with Crippen LogP contribution in [0, 0.1) is 5.92 Å². The van der Waals surface area contributed by atoms with Crippen molar-refractivity contribution in [2.45, 2.75) is 85.0 Å². The van der Waals surface area contributed by atoms with Gasteiger partial charge in [0.15, 0.2) is 0 Å². The highest BCUT2D eigenvalue weighted by molar-refractivity contribution is 5.31. The summed E-state index contributed by atoms with van der Waals surface area (Å²) in [7, 11) is 0. The molecule has 0 amide bonds. The van der Waals surface area contributed by atoms with Gasteiger partial charge in [0.2, 0.25) is 0 Å².